The van der Waals surface area contributed by atoms with Gasteiger partial charge in [0.05, 0.1) is 30.5 Å². The molecule has 36 heavy (non-hydrogen) atoms. The highest BCUT2D eigenvalue weighted by Gasteiger charge is 2.42. The van der Waals surface area contributed by atoms with Crippen LogP contribution in [0, 0.1) is 13.8 Å². The van der Waals surface area contributed by atoms with Crippen LogP contribution in [-0.4, -0.2) is 27.7 Å². The minimum absolute atomic E-state index is 0.155. The smallest absolute Gasteiger partial charge is 0.337 e. The van der Waals surface area contributed by atoms with Crippen molar-refractivity contribution in [3.05, 3.63) is 112 Å². The minimum Gasteiger partial charge on any atom is -0.465 e. The van der Waals surface area contributed by atoms with Crippen LogP contribution in [0.3, 0.4) is 0 Å². The van der Waals surface area contributed by atoms with Crippen molar-refractivity contribution in [2.45, 2.75) is 25.9 Å². The quantitative estimate of drug-likeness (QED) is 0.255. The fourth-order valence-electron chi connectivity index (χ4n) is 4.92. The lowest BCUT2D eigenvalue weighted by Gasteiger charge is -2.28. The maximum atomic E-state index is 12.2. The van der Waals surface area contributed by atoms with Gasteiger partial charge in [-0.15, -0.1) is 0 Å². The molecule has 1 aliphatic rings. The molecule has 1 fully saturated rings. The van der Waals surface area contributed by atoms with Gasteiger partial charge in [-0.25, -0.2) is 4.79 Å². The summed E-state index contributed by atoms with van der Waals surface area (Å²) in [5.74, 6) is -0.367. The fraction of sp³-hybridized carbons (Fsp3) is 0.179. The molecule has 2 atom stereocenters. The molecule has 1 aliphatic heterocycles. The van der Waals surface area contributed by atoms with Crippen molar-refractivity contribution in [1.29, 1.82) is 0 Å². The molecule has 0 radical (unpaired) electrons. The number of benzene rings is 2. The molecule has 3 heterocycles. The molecule has 182 valence electrons. The summed E-state index contributed by atoms with van der Waals surface area (Å²) in [5, 5.41) is 4.79. The Morgan fingerprint density at radius 1 is 1.03 bits per heavy atom. The maximum absolute atomic E-state index is 12.2. The van der Waals surface area contributed by atoms with Crippen molar-refractivity contribution in [1.82, 2.24) is 14.9 Å². The fourth-order valence-corrected chi connectivity index (χ4v) is 5.40. The van der Waals surface area contributed by atoms with Crippen LogP contribution < -0.4 is 10.2 Å². The molecule has 2 aromatic heterocycles. The number of pyridine rings is 1. The van der Waals surface area contributed by atoms with E-state index in [2.05, 4.69) is 39.7 Å². The van der Waals surface area contributed by atoms with Crippen molar-refractivity contribution in [3.8, 4) is 5.69 Å². The molecule has 0 saturated carbocycles. The predicted octanol–water partition coefficient (Wildman–Crippen LogP) is 6.11. The molecule has 0 aliphatic carbocycles. The number of anilines is 1. The van der Waals surface area contributed by atoms with E-state index in [0.29, 0.717) is 15.7 Å². The van der Waals surface area contributed by atoms with E-state index in [-0.39, 0.29) is 18.1 Å². The van der Waals surface area contributed by atoms with Gasteiger partial charge in [0.15, 0.2) is 5.11 Å². The van der Waals surface area contributed by atoms with Crippen molar-refractivity contribution in [2.75, 3.05) is 12.0 Å². The van der Waals surface area contributed by atoms with Gasteiger partial charge in [-0.2, -0.15) is 0 Å². The minimum atomic E-state index is -0.367. The number of carbonyl (C=O) groups is 1. The number of nitrogens with zero attached hydrogens (tertiary/aromatic N) is 3. The molecule has 0 spiro atoms. The van der Waals surface area contributed by atoms with Gasteiger partial charge in [-0.1, -0.05) is 23.7 Å². The first-order chi connectivity index (χ1) is 17.4. The van der Waals surface area contributed by atoms with E-state index >= 15 is 0 Å². The molecule has 8 heteroatoms. The number of nitrogens with one attached hydrogen (secondary N) is 1. The Bertz CT molecular complexity index is 1440. The standard InChI is InChI=1S/C28H25ClN4O2S/c1-17-15-23(18(2)32(17)22-8-6-7-19(16-22)27(34)35-3)26-25(24-9-4-5-14-30-24)31-28(36)33(26)21-12-10-20(29)11-13-21/h4-16,25-26H,1-3H3,(H,31,36). The number of rotatable bonds is 5. The lowest BCUT2D eigenvalue weighted by Crippen LogP contribution is -2.29. The van der Waals surface area contributed by atoms with Gasteiger partial charge in [0.2, 0.25) is 0 Å². The van der Waals surface area contributed by atoms with E-state index in [1.165, 1.54) is 7.11 Å². The van der Waals surface area contributed by atoms with E-state index in [9.17, 15) is 4.79 Å². The topological polar surface area (TPSA) is 59.4 Å². The summed E-state index contributed by atoms with van der Waals surface area (Å²) in [6.45, 7) is 4.15. The van der Waals surface area contributed by atoms with E-state index in [0.717, 1.165) is 34.0 Å². The van der Waals surface area contributed by atoms with Crippen LogP contribution in [-0.2, 0) is 4.74 Å². The monoisotopic (exact) mass is 516 g/mol. The Balaban J connectivity index is 1.66. The number of carbonyl (C=O) groups excluding carboxylic acids is 1. The second kappa shape index (κ2) is 9.76. The van der Waals surface area contributed by atoms with E-state index in [4.69, 9.17) is 28.6 Å². The van der Waals surface area contributed by atoms with Crippen LogP contribution in [0.5, 0.6) is 0 Å². The summed E-state index contributed by atoms with van der Waals surface area (Å²) in [4.78, 5) is 18.9. The SMILES string of the molecule is COC(=O)c1cccc(-n2c(C)cc(C3C(c4ccccn4)NC(=S)N3c3ccc(Cl)cc3)c2C)c1. The molecule has 1 saturated heterocycles. The molecule has 1 N–H and O–H groups in total. The van der Waals surface area contributed by atoms with Gasteiger partial charge in [0.25, 0.3) is 0 Å². The highest BCUT2D eigenvalue weighted by molar-refractivity contribution is 7.80. The van der Waals surface area contributed by atoms with E-state index in [1.807, 2.05) is 60.7 Å². The number of esters is 1. The molecular formula is C28H25ClN4O2S. The van der Waals surface area contributed by atoms with Gasteiger partial charge >= 0.3 is 5.97 Å². The summed E-state index contributed by atoms with van der Waals surface area (Å²) < 4.78 is 7.08. The van der Waals surface area contributed by atoms with E-state index in [1.54, 1.807) is 12.3 Å². The molecule has 0 amide bonds. The number of hydrogen-bond acceptors (Lipinski definition) is 4. The van der Waals surface area contributed by atoms with Crippen LogP contribution in [0.15, 0.2) is 79.0 Å². The number of ether oxygens (including phenoxy) is 1. The van der Waals surface area contributed by atoms with Gasteiger partial charge in [-0.05, 0) is 92.3 Å². The summed E-state index contributed by atoms with van der Waals surface area (Å²) in [5.41, 5.74) is 6.43. The first-order valence-electron chi connectivity index (χ1n) is 11.5. The van der Waals surface area contributed by atoms with Crippen LogP contribution in [0.4, 0.5) is 5.69 Å². The lowest BCUT2D eigenvalue weighted by molar-refractivity contribution is 0.0600. The Morgan fingerprint density at radius 3 is 2.50 bits per heavy atom. The average molecular weight is 517 g/mol. The molecule has 2 unspecified atom stereocenters. The van der Waals surface area contributed by atoms with Crippen LogP contribution in [0.25, 0.3) is 5.69 Å². The van der Waals surface area contributed by atoms with Gasteiger partial charge < -0.3 is 19.5 Å². The Hall–Kier alpha value is -3.68. The highest BCUT2D eigenvalue weighted by atomic mass is 35.5. The number of hydrogen-bond donors (Lipinski definition) is 1. The van der Waals surface area contributed by atoms with Gasteiger partial charge in [0.1, 0.15) is 0 Å². The third-order valence-electron chi connectivity index (χ3n) is 6.52. The van der Waals surface area contributed by atoms with Gasteiger partial charge in [0, 0.05) is 34.0 Å². The zero-order valence-electron chi connectivity index (χ0n) is 20.1. The van der Waals surface area contributed by atoms with Crippen molar-refractivity contribution < 1.29 is 9.53 Å². The Labute approximate surface area is 220 Å². The first-order valence-corrected chi connectivity index (χ1v) is 12.3. The Kier molecular flexibility index (Phi) is 6.51. The number of methoxy groups -OCH3 is 1. The molecule has 2 aromatic carbocycles. The van der Waals surface area contributed by atoms with Crippen molar-refractivity contribution in [2.24, 2.45) is 0 Å². The highest BCUT2D eigenvalue weighted by Crippen LogP contribution is 2.43. The molecule has 6 nitrogen and oxygen atoms in total. The zero-order valence-corrected chi connectivity index (χ0v) is 21.7. The normalized spacial score (nSPS) is 17.2. The summed E-state index contributed by atoms with van der Waals surface area (Å²) >= 11 is 12.0. The second-order valence-corrected chi connectivity index (χ2v) is 9.50. The number of thiocarbonyl (C=S) groups is 1. The van der Waals surface area contributed by atoms with Crippen LogP contribution in [0.1, 0.15) is 45.1 Å². The molecular weight excluding hydrogens is 492 g/mol. The Morgan fingerprint density at radius 2 is 1.81 bits per heavy atom. The maximum Gasteiger partial charge on any atom is 0.337 e. The third-order valence-corrected chi connectivity index (χ3v) is 7.08. The number of aromatic nitrogens is 2. The molecule has 5 rings (SSSR count). The summed E-state index contributed by atoms with van der Waals surface area (Å²) in [6, 6.07) is 22.9. The summed E-state index contributed by atoms with van der Waals surface area (Å²) in [7, 11) is 1.39. The zero-order chi connectivity index (χ0) is 25.4. The third kappa shape index (κ3) is 4.25. The number of halogens is 1. The van der Waals surface area contributed by atoms with Crippen molar-refractivity contribution in [3.63, 3.8) is 0 Å². The van der Waals surface area contributed by atoms with Crippen molar-refractivity contribution >= 4 is 40.6 Å². The lowest BCUT2D eigenvalue weighted by atomic mass is 9.96. The van der Waals surface area contributed by atoms with Gasteiger partial charge in [-0.3, -0.25) is 4.98 Å². The predicted molar refractivity (Wildman–Crippen MR) is 146 cm³/mol. The molecule has 0 bridgehead atoms. The average Bonchev–Trinajstić information content (AvgIpc) is 3.39. The van der Waals surface area contributed by atoms with E-state index < -0.39 is 0 Å². The summed E-state index contributed by atoms with van der Waals surface area (Å²) in [6.07, 6.45) is 1.80. The largest absolute Gasteiger partial charge is 0.465 e. The van der Waals surface area contributed by atoms with Crippen LogP contribution in [0.2, 0.25) is 5.02 Å². The van der Waals surface area contributed by atoms with Crippen LogP contribution >= 0.6 is 23.8 Å². The number of aryl methyl sites for hydroxylation is 1. The molecule has 4 aromatic rings. The first kappa shape index (κ1) is 24.0. The second-order valence-electron chi connectivity index (χ2n) is 8.68.